The Morgan fingerprint density at radius 1 is 1.10 bits per heavy atom. The minimum atomic E-state index is 0.683. The van der Waals surface area contributed by atoms with E-state index >= 15 is 0 Å². The van der Waals surface area contributed by atoms with Gasteiger partial charge in [-0.3, -0.25) is 4.90 Å². The van der Waals surface area contributed by atoms with Gasteiger partial charge in [-0.25, -0.2) is 4.98 Å². The first-order valence-corrected chi connectivity index (χ1v) is 7.66. The van der Waals surface area contributed by atoms with E-state index in [1.807, 2.05) is 24.3 Å². The van der Waals surface area contributed by atoms with E-state index in [9.17, 15) is 0 Å². The Hall–Kier alpha value is -1.81. The van der Waals surface area contributed by atoms with Crippen LogP contribution in [0.5, 0.6) is 5.75 Å². The van der Waals surface area contributed by atoms with E-state index in [2.05, 4.69) is 9.88 Å². The van der Waals surface area contributed by atoms with Crippen molar-refractivity contribution in [3.8, 4) is 17.2 Å². The number of likely N-dealkylation sites (tertiary alicyclic amines) is 1. The van der Waals surface area contributed by atoms with Gasteiger partial charge in [-0.1, -0.05) is 12.8 Å². The summed E-state index contributed by atoms with van der Waals surface area (Å²) in [6.45, 7) is 3.23. The molecular weight excluding hydrogens is 264 g/mol. The molecule has 0 bridgehead atoms. The zero-order chi connectivity index (χ0) is 14.5. The highest BCUT2D eigenvalue weighted by molar-refractivity contribution is 5.54. The molecule has 0 amide bonds. The van der Waals surface area contributed by atoms with Gasteiger partial charge in [0.2, 0.25) is 5.89 Å². The molecular formula is C17H22N2O2. The third-order valence-corrected chi connectivity index (χ3v) is 3.97. The molecule has 1 aliphatic heterocycles. The summed E-state index contributed by atoms with van der Waals surface area (Å²) in [5.41, 5.74) is 2.00. The van der Waals surface area contributed by atoms with Crippen LogP contribution in [0, 0.1) is 0 Å². The molecule has 2 aromatic rings. The summed E-state index contributed by atoms with van der Waals surface area (Å²) in [6.07, 6.45) is 7.08. The zero-order valence-corrected chi connectivity index (χ0v) is 12.5. The van der Waals surface area contributed by atoms with E-state index in [1.54, 1.807) is 13.4 Å². The molecule has 4 nitrogen and oxygen atoms in total. The smallest absolute Gasteiger partial charge is 0.226 e. The molecule has 3 rings (SSSR count). The fourth-order valence-corrected chi connectivity index (χ4v) is 2.77. The number of ether oxygens (including phenoxy) is 1. The first-order chi connectivity index (χ1) is 10.3. The van der Waals surface area contributed by atoms with Gasteiger partial charge in [0, 0.05) is 12.1 Å². The second-order valence-corrected chi connectivity index (χ2v) is 5.56. The number of hydrogen-bond donors (Lipinski definition) is 0. The molecule has 0 N–H and O–H groups in total. The molecule has 0 aliphatic carbocycles. The van der Waals surface area contributed by atoms with Gasteiger partial charge in [0.1, 0.15) is 12.0 Å². The predicted octanol–water partition coefficient (Wildman–Crippen LogP) is 3.73. The molecule has 1 aromatic heterocycles. The maximum atomic E-state index is 5.62. The quantitative estimate of drug-likeness (QED) is 0.858. The van der Waals surface area contributed by atoms with Crippen molar-refractivity contribution in [2.75, 3.05) is 20.2 Å². The molecule has 112 valence electrons. The third-order valence-electron chi connectivity index (χ3n) is 3.97. The normalized spacial score (nSPS) is 16.6. The Balaban J connectivity index is 1.67. The minimum Gasteiger partial charge on any atom is -0.497 e. The highest BCUT2D eigenvalue weighted by atomic mass is 16.5. The van der Waals surface area contributed by atoms with Gasteiger partial charge in [0.25, 0.3) is 0 Å². The van der Waals surface area contributed by atoms with Crippen LogP contribution in [0.3, 0.4) is 0 Å². The van der Waals surface area contributed by atoms with Crippen LogP contribution < -0.4 is 4.74 Å². The monoisotopic (exact) mass is 286 g/mol. The average molecular weight is 286 g/mol. The Bertz CT molecular complexity index is 554. The first kappa shape index (κ1) is 14.1. The summed E-state index contributed by atoms with van der Waals surface area (Å²) in [5.74, 6) is 1.53. The fraction of sp³-hybridized carbons (Fsp3) is 0.471. The third kappa shape index (κ3) is 3.64. The van der Waals surface area contributed by atoms with E-state index in [-0.39, 0.29) is 0 Å². The van der Waals surface area contributed by atoms with Crippen molar-refractivity contribution in [2.45, 2.75) is 32.2 Å². The summed E-state index contributed by atoms with van der Waals surface area (Å²) in [5, 5.41) is 0. The van der Waals surface area contributed by atoms with Gasteiger partial charge in [-0.2, -0.15) is 0 Å². The van der Waals surface area contributed by atoms with Crippen LogP contribution in [-0.2, 0) is 6.54 Å². The molecule has 0 saturated carbocycles. The molecule has 2 heterocycles. The maximum Gasteiger partial charge on any atom is 0.226 e. The molecule has 1 aromatic carbocycles. The minimum absolute atomic E-state index is 0.683. The van der Waals surface area contributed by atoms with Crippen LogP contribution >= 0.6 is 0 Å². The van der Waals surface area contributed by atoms with E-state index in [1.165, 1.54) is 38.8 Å². The van der Waals surface area contributed by atoms with Crippen LogP contribution in [0.25, 0.3) is 11.5 Å². The molecule has 1 aliphatic rings. The molecule has 1 saturated heterocycles. The number of hydrogen-bond acceptors (Lipinski definition) is 4. The molecule has 0 unspecified atom stereocenters. The van der Waals surface area contributed by atoms with Crippen LogP contribution in [0.1, 0.15) is 31.4 Å². The van der Waals surface area contributed by atoms with Crippen molar-refractivity contribution in [2.24, 2.45) is 0 Å². The van der Waals surface area contributed by atoms with Gasteiger partial charge in [0.05, 0.1) is 12.8 Å². The summed E-state index contributed by atoms with van der Waals surface area (Å²) >= 11 is 0. The van der Waals surface area contributed by atoms with E-state index in [0.717, 1.165) is 23.6 Å². The van der Waals surface area contributed by atoms with Gasteiger partial charge < -0.3 is 9.15 Å². The van der Waals surface area contributed by atoms with E-state index in [4.69, 9.17) is 9.15 Å². The van der Waals surface area contributed by atoms with Crippen molar-refractivity contribution in [1.82, 2.24) is 9.88 Å². The van der Waals surface area contributed by atoms with Gasteiger partial charge in [0.15, 0.2) is 0 Å². The number of aromatic nitrogens is 1. The first-order valence-electron chi connectivity index (χ1n) is 7.66. The number of oxazole rings is 1. The fourth-order valence-electron chi connectivity index (χ4n) is 2.77. The SMILES string of the molecule is COc1ccc(-c2nc(CN3CCCCCC3)co2)cc1. The van der Waals surface area contributed by atoms with Crippen LogP contribution in [0.15, 0.2) is 34.9 Å². The highest BCUT2D eigenvalue weighted by Crippen LogP contribution is 2.22. The Morgan fingerprint density at radius 3 is 2.48 bits per heavy atom. The summed E-state index contributed by atoms with van der Waals surface area (Å²) in [6, 6.07) is 7.79. The highest BCUT2D eigenvalue weighted by Gasteiger charge is 2.13. The number of benzene rings is 1. The molecule has 4 heteroatoms. The van der Waals surface area contributed by atoms with Gasteiger partial charge in [-0.05, 0) is 50.2 Å². The molecule has 21 heavy (non-hydrogen) atoms. The second kappa shape index (κ2) is 6.76. The summed E-state index contributed by atoms with van der Waals surface area (Å²) < 4.78 is 10.8. The topological polar surface area (TPSA) is 38.5 Å². The number of methoxy groups -OCH3 is 1. The number of nitrogens with zero attached hydrogens (tertiary/aromatic N) is 2. The van der Waals surface area contributed by atoms with E-state index < -0.39 is 0 Å². The second-order valence-electron chi connectivity index (χ2n) is 5.56. The number of rotatable bonds is 4. The summed E-state index contributed by atoms with van der Waals surface area (Å²) in [4.78, 5) is 7.09. The van der Waals surface area contributed by atoms with Gasteiger partial charge in [-0.15, -0.1) is 0 Å². The lowest BCUT2D eigenvalue weighted by molar-refractivity contribution is 0.273. The molecule has 1 fully saturated rings. The largest absolute Gasteiger partial charge is 0.497 e. The Morgan fingerprint density at radius 2 is 1.81 bits per heavy atom. The van der Waals surface area contributed by atoms with Crippen molar-refractivity contribution < 1.29 is 9.15 Å². The summed E-state index contributed by atoms with van der Waals surface area (Å²) in [7, 11) is 1.67. The maximum absolute atomic E-state index is 5.62. The molecule has 0 radical (unpaired) electrons. The van der Waals surface area contributed by atoms with Crippen molar-refractivity contribution in [3.05, 3.63) is 36.2 Å². The zero-order valence-electron chi connectivity index (χ0n) is 12.5. The lowest BCUT2D eigenvalue weighted by Crippen LogP contribution is -2.24. The molecule has 0 spiro atoms. The van der Waals surface area contributed by atoms with Crippen LogP contribution in [-0.4, -0.2) is 30.1 Å². The van der Waals surface area contributed by atoms with E-state index in [0.29, 0.717) is 5.89 Å². The predicted molar refractivity (Wildman–Crippen MR) is 82.2 cm³/mol. The van der Waals surface area contributed by atoms with Gasteiger partial charge >= 0.3 is 0 Å². The standard InChI is InChI=1S/C17H22N2O2/c1-20-16-8-6-14(7-9-16)17-18-15(13-21-17)12-19-10-4-2-3-5-11-19/h6-9,13H,2-5,10-12H2,1H3. The lowest BCUT2D eigenvalue weighted by atomic mass is 10.2. The average Bonchev–Trinajstić information content (AvgIpc) is 2.83. The van der Waals surface area contributed by atoms with Crippen molar-refractivity contribution in [3.63, 3.8) is 0 Å². The van der Waals surface area contributed by atoms with Crippen LogP contribution in [0.4, 0.5) is 0 Å². The van der Waals surface area contributed by atoms with Crippen molar-refractivity contribution >= 4 is 0 Å². The Kier molecular flexibility index (Phi) is 4.55. The lowest BCUT2D eigenvalue weighted by Gasteiger charge is -2.17. The van der Waals surface area contributed by atoms with Crippen LogP contribution in [0.2, 0.25) is 0 Å². The molecule has 0 atom stereocenters. The Labute approximate surface area is 125 Å². The van der Waals surface area contributed by atoms with Crippen molar-refractivity contribution in [1.29, 1.82) is 0 Å².